The van der Waals surface area contributed by atoms with Gasteiger partial charge >= 0.3 is 23.9 Å². The van der Waals surface area contributed by atoms with E-state index in [1.165, 1.54) is 24.3 Å². The van der Waals surface area contributed by atoms with E-state index in [9.17, 15) is 19.2 Å². The molecule has 4 N–H and O–H groups in total. The topological polar surface area (TPSA) is 168 Å². The highest BCUT2D eigenvalue weighted by Gasteiger charge is 2.34. The number of carbonyl (C=O) groups is 4. The maximum atomic E-state index is 11.1. The summed E-state index contributed by atoms with van der Waals surface area (Å²) in [6, 6.07) is 0. The Morgan fingerprint density at radius 3 is 1.03 bits per heavy atom. The molecular weight excluding hydrogens is 424 g/mol. The van der Waals surface area contributed by atoms with Crippen LogP contribution in [0.4, 0.5) is 0 Å². The second-order valence-corrected chi connectivity index (χ2v) is 7.86. The Balaban J connectivity index is 1.81. The fourth-order valence-electron chi connectivity index (χ4n) is 3.70. The van der Waals surface area contributed by atoms with Crippen LogP contribution in [0.1, 0.15) is 25.7 Å². The molecule has 0 heterocycles. The number of carboxylic acids is 4. The third-order valence-electron chi connectivity index (χ3n) is 5.10. The van der Waals surface area contributed by atoms with Gasteiger partial charge in [-0.1, -0.05) is 48.6 Å². The van der Waals surface area contributed by atoms with E-state index in [2.05, 4.69) is 0 Å². The van der Waals surface area contributed by atoms with Crippen molar-refractivity contribution in [3.63, 3.8) is 0 Å². The first-order chi connectivity index (χ1) is 15.0. The van der Waals surface area contributed by atoms with Crippen LogP contribution < -0.4 is 0 Å². The molecule has 2 rings (SSSR count). The summed E-state index contributed by atoms with van der Waals surface area (Å²) >= 11 is 0. The molecule has 0 saturated heterocycles. The molecule has 0 aromatic heterocycles. The lowest BCUT2D eigenvalue weighted by Gasteiger charge is -2.29. The molecule has 0 aromatic rings. The van der Waals surface area contributed by atoms with Crippen LogP contribution in [0.3, 0.4) is 0 Å². The van der Waals surface area contributed by atoms with Crippen molar-refractivity contribution < 1.29 is 49.1 Å². The Morgan fingerprint density at radius 2 is 0.812 bits per heavy atom. The van der Waals surface area contributed by atoms with Gasteiger partial charge in [0.25, 0.3) is 0 Å². The molecule has 174 valence electrons. The van der Waals surface area contributed by atoms with Crippen molar-refractivity contribution in [2.75, 3.05) is 13.2 Å². The predicted octanol–water partition coefficient (Wildman–Crippen LogP) is 1.88. The average Bonchev–Trinajstić information content (AvgIpc) is 2.66. The van der Waals surface area contributed by atoms with Crippen molar-refractivity contribution in [3.8, 4) is 0 Å². The summed E-state index contributed by atoms with van der Waals surface area (Å²) in [6.07, 6.45) is 10.3. The molecule has 2 aliphatic rings. The zero-order valence-electron chi connectivity index (χ0n) is 17.3. The highest BCUT2D eigenvalue weighted by Crippen LogP contribution is 2.35. The van der Waals surface area contributed by atoms with Gasteiger partial charge in [0.15, 0.2) is 0 Å². The average molecular weight is 450 g/mol. The van der Waals surface area contributed by atoms with Gasteiger partial charge in [-0.15, -0.1) is 0 Å². The number of ether oxygens (including phenoxy) is 2. The Morgan fingerprint density at radius 1 is 0.562 bits per heavy atom. The van der Waals surface area contributed by atoms with Crippen molar-refractivity contribution in [2.45, 2.75) is 37.9 Å². The first-order valence-corrected chi connectivity index (χ1v) is 9.91. The molecule has 10 nitrogen and oxygen atoms in total. The summed E-state index contributed by atoms with van der Waals surface area (Å²) in [5.74, 6) is -4.40. The number of hydrogen-bond donors (Lipinski definition) is 4. The first-order valence-electron chi connectivity index (χ1n) is 9.91. The summed E-state index contributed by atoms with van der Waals surface area (Å²) in [4.78, 5) is 44.3. The smallest absolute Gasteiger partial charge is 0.304 e. The SMILES string of the molecule is O=C(O)CC1(CC(=O)O)C=CC(OCCOC2C=CC(CC(=O)O)(CC(=O)O)C=C2)C=C1. The van der Waals surface area contributed by atoms with Crippen LogP contribution in [0.15, 0.2) is 48.6 Å². The minimum atomic E-state index is -1.10. The number of carboxylic acid groups (broad SMARTS) is 4. The third-order valence-corrected chi connectivity index (χ3v) is 5.10. The molecule has 0 unspecified atom stereocenters. The number of hydrogen-bond acceptors (Lipinski definition) is 6. The van der Waals surface area contributed by atoms with Crippen molar-refractivity contribution >= 4 is 23.9 Å². The number of rotatable bonds is 13. The number of allylic oxidation sites excluding steroid dienone is 4. The Hall–Kier alpha value is -3.24. The Kier molecular flexibility index (Phi) is 8.50. The van der Waals surface area contributed by atoms with Gasteiger partial charge in [-0.05, 0) is 0 Å². The molecule has 0 bridgehead atoms. The van der Waals surface area contributed by atoms with Gasteiger partial charge in [-0.3, -0.25) is 19.2 Å². The van der Waals surface area contributed by atoms with E-state index in [0.717, 1.165) is 0 Å². The van der Waals surface area contributed by atoms with Crippen LogP contribution in [0.25, 0.3) is 0 Å². The Labute approximate surface area is 184 Å². The van der Waals surface area contributed by atoms with Crippen molar-refractivity contribution in [3.05, 3.63) is 48.6 Å². The largest absolute Gasteiger partial charge is 0.481 e. The highest BCUT2D eigenvalue weighted by atomic mass is 16.5. The first kappa shape index (κ1) is 25.0. The Bertz CT molecular complexity index is 717. The third kappa shape index (κ3) is 7.78. The molecule has 0 spiro atoms. The van der Waals surface area contributed by atoms with Gasteiger partial charge in [0.2, 0.25) is 0 Å². The van der Waals surface area contributed by atoms with Crippen LogP contribution in [-0.4, -0.2) is 69.7 Å². The minimum absolute atomic E-state index is 0.192. The fraction of sp³-hybridized carbons (Fsp3) is 0.455. The van der Waals surface area contributed by atoms with E-state index in [-0.39, 0.29) is 38.9 Å². The lowest BCUT2D eigenvalue weighted by Crippen LogP contribution is -2.28. The normalized spacial score (nSPS) is 19.1. The van der Waals surface area contributed by atoms with Crippen LogP contribution in [0, 0.1) is 10.8 Å². The molecule has 0 aromatic carbocycles. The molecular formula is C22H26O10. The fourth-order valence-corrected chi connectivity index (χ4v) is 3.70. The van der Waals surface area contributed by atoms with Crippen LogP contribution in [-0.2, 0) is 28.7 Å². The van der Waals surface area contributed by atoms with Gasteiger partial charge in [-0.25, -0.2) is 0 Å². The summed E-state index contributed by atoms with van der Waals surface area (Å²) < 4.78 is 11.3. The van der Waals surface area contributed by atoms with Gasteiger partial charge in [0, 0.05) is 10.8 Å². The van der Waals surface area contributed by atoms with Gasteiger partial charge in [0.1, 0.15) is 0 Å². The van der Waals surface area contributed by atoms with Gasteiger partial charge in [-0.2, -0.15) is 0 Å². The highest BCUT2D eigenvalue weighted by molar-refractivity contribution is 5.74. The zero-order chi connectivity index (χ0) is 23.8. The molecule has 0 saturated carbocycles. The molecule has 0 radical (unpaired) electrons. The maximum absolute atomic E-state index is 11.1. The van der Waals surface area contributed by atoms with Crippen molar-refractivity contribution in [2.24, 2.45) is 10.8 Å². The molecule has 10 heteroatoms. The second kappa shape index (κ2) is 10.9. The maximum Gasteiger partial charge on any atom is 0.304 e. The van der Waals surface area contributed by atoms with E-state index in [1.54, 1.807) is 24.3 Å². The summed E-state index contributed by atoms with van der Waals surface area (Å²) in [7, 11) is 0. The quantitative estimate of drug-likeness (QED) is 0.240. The standard InChI is InChI=1S/C22H26O10/c23-17(24)11-21(12-18(25)26)5-1-15(2-6-21)31-9-10-32-16-3-7-22(8-4-16,13-19(27)28)14-20(29)30/h1-8,15-16H,9-14H2,(H,23,24)(H,25,26)(H,27,28)(H,29,30). The van der Waals surface area contributed by atoms with Crippen molar-refractivity contribution in [1.29, 1.82) is 0 Å². The summed E-state index contributed by atoms with van der Waals surface area (Å²) in [6.45, 7) is 0.384. The minimum Gasteiger partial charge on any atom is -0.481 e. The van der Waals surface area contributed by atoms with E-state index in [1.807, 2.05) is 0 Å². The van der Waals surface area contributed by atoms with E-state index >= 15 is 0 Å². The van der Waals surface area contributed by atoms with Gasteiger partial charge < -0.3 is 29.9 Å². The molecule has 0 amide bonds. The van der Waals surface area contributed by atoms with Crippen LogP contribution in [0.5, 0.6) is 0 Å². The van der Waals surface area contributed by atoms with Gasteiger partial charge in [0.05, 0.1) is 51.1 Å². The molecule has 0 fully saturated rings. The van der Waals surface area contributed by atoms with E-state index < -0.39 is 46.9 Å². The molecule has 2 aliphatic carbocycles. The molecule has 32 heavy (non-hydrogen) atoms. The molecule has 0 aliphatic heterocycles. The monoisotopic (exact) mass is 450 g/mol. The summed E-state index contributed by atoms with van der Waals surface area (Å²) in [5.41, 5.74) is -2.19. The lowest BCUT2D eigenvalue weighted by molar-refractivity contribution is -0.143. The van der Waals surface area contributed by atoms with Crippen molar-refractivity contribution in [1.82, 2.24) is 0 Å². The van der Waals surface area contributed by atoms with E-state index in [0.29, 0.717) is 0 Å². The lowest BCUT2D eigenvalue weighted by atomic mass is 9.77. The second-order valence-electron chi connectivity index (χ2n) is 7.86. The summed E-state index contributed by atoms with van der Waals surface area (Å²) in [5, 5.41) is 36.2. The number of aliphatic carboxylic acids is 4. The zero-order valence-corrected chi connectivity index (χ0v) is 17.3. The van der Waals surface area contributed by atoms with Crippen LogP contribution >= 0.6 is 0 Å². The molecule has 0 atom stereocenters. The van der Waals surface area contributed by atoms with E-state index in [4.69, 9.17) is 29.9 Å². The van der Waals surface area contributed by atoms with Crippen LogP contribution in [0.2, 0.25) is 0 Å². The predicted molar refractivity (Wildman–Crippen MR) is 110 cm³/mol.